The number of aryl methyl sites for hydroxylation is 1. The van der Waals surface area contributed by atoms with Crippen molar-refractivity contribution in [3.05, 3.63) is 40.4 Å². The number of hydrogen-bond acceptors (Lipinski definition) is 1. The van der Waals surface area contributed by atoms with Crippen LogP contribution in [0.4, 0.5) is 0 Å². The summed E-state index contributed by atoms with van der Waals surface area (Å²) in [6, 6.07) is 6.32. The molecular formula is C12H16ClN. The van der Waals surface area contributed by atoms with E-state index in [1.54, 1.807) is 0 Å². The lowest BCUT2D eigenvalue weighted by molar-refractivity contribution is 0.731. The van der Waals surface area contributed by atoms with Crippen molar-refractivity contribution in [3.63, 3.8) is 0 Å². The van der Waals surface area contributed by atoms with Gasteiger partial charge < -0.3 is 5.32 Å². The first-order chi connectivity index (χ1) is 6.63. The van der Waals surface area contributed by atoms with Crippen molar-refractivity contribution in [2.45, 2.75) is 19.9 Å². The summed E-state index contributed by atoms with van der Waals surface area (Å²) in [6.07, 6.45) is 4.25. The van der Waals surface area contributed by atoms with Gasteiger partial charge in [-0.2, -0.15) is 0 Å². The molecule has 0 saturated carbocycles. The van der Waals surface area contributed by atoms with Gasteiger partial charge in [-0.05, 0) is 44.2 Å². The van der Waals surface area contributed by atoms with Crippen LogP contribution in [-0.2, 0) is 0 Å². The molecule has 0 saturated heterocycles. The topological polar surface area (TPSA) is 12.0 Å². The van der Waals surface area contributed by atoms with Crippen LogP contribution in [0.5, 0.6) is 0 Å². The standard InChI is InChI=1S/C12H16ClN/c1-9-8-12(13)7-6-11(9)5-4-10(2)14-3/h4-8,10,14H,1-3H3/b5-4+. The number of hydrogen-bond donors (Lipinski definition) is 1. The number of nitrogens with one attached hydrogen (secondary N) is 1. The maximum absolute atomic E-state index is 5.87. The Hall–Kier alpha value is -0.790. The molecular weight excluding hydrogens is 194 g/mol. The van der Waals surface area contributed by atoms with Gasteiger partial charge in [0.1, 0.15) is 0 Å². The fourth-order valence-electron chi connectivity index (χ4n) is 1.17. The van der Waals surface area contributed by atoms with Gasteiger partial charge in [0, 0.05) is 11.1 Å². The zero-order valence-corrected chi connectivity index (χ0v) is 9.60. The monoisotopic (exact) mass is 209 g/mol. The van der Waals surface area contributed by atoms with Crippen LogP contribution >= 0.6 is 11.6 Å². The smallest absolute Gasteiger partial charge is 0.0409 e. The van der Waals surface area contributed by atoms with Crippen molar-refractivity contribution in [1.29, 1.82) is 0 Å². The van der Waals surface area contributed by atoms with Crippen molar-refractivity contribution in [3.8, 4) is 0 Å². The lowest BCUT2D eigenvalue weighted by Crippen LogP contribution is -2.17. The van der Waals surface area contributed by atoms with Crippen LogP contribution in [0.2, 0.25) is 5.02 Å². The molecule has 0 aliphatic heterocycles. The molecule has 0 spiro atoms. The predicted molar refractivity (Wildman–Crippen MR) is 63.7 cm³/mol. The van der Waals surface area contributed by atoms with E-state index in [0.29, 0.717) is 6.04 Å². The third-order valence-electron chi connectivity index (χ3n) is 2.25. The molecule has 0 fully saturated rings. The summed E-state index contributed by atoms with van der Waals surface area (Å²) < 4.78 is 0. The number of rotatable bonds is 3. The number of likely N-dealkylation sites (N-methyl/N-ethyl adjacent to an activating group) is 1. The Labute approximate surface area is 90.8 Å². The Balaban J connectivity index is 2.82. The first-order valence-corrected chi connectivity index (χ1v) is 5.13. The molecule has 1 atom stereocenters. The normalized spacial score (nSPS) is 13.4. The number of benzene rings is 1. The number of halogens is 1. The molecule has 0 aliphatic rings. The Bertz CT molecular complexity index is 331. The highest BCUT2D eigenvalue weighted by Crippen LogP contribution is 2.16. The van der Waals surface area contributed by atoms with Gasteiger partial charge in [0.05, 0.1) is 0 Å². The second kappa shape index (κ2) is 5.18. The van der Waals surface area contributed by atoms with E-state index in [-0.39, 0.29) is 0 Å². The minimum Gasteiger partial charge on any atom is -0.314 e. The molecule has 0 radical (unpaired) electrons. The van der Waals surface area contributed by atoms with E-state index in [1.807, 2.05) is 25.2 Å². The third kappa shape index (κ3) is 3.17. The van der Waals surface area contributed by atoms with Crippen molar-refractivity contribution in [1.82, 2.24) is 5.32 Å². The summed E-state index contributed by atoms with van der Waals surface area (Å²) in [7, 11) is 1.95. The molecule has 1 nitrogen and oxygen atoms in total. The zero-order valence-electron chi connectivity index (χ0n) is 8.84. The van der Waals surface area contributed by atoms with Crippen molar-refractivity contribution in [2.75, 3.05) is 7.05 Å². The Morgan fingerprint density at radius 1 is 1.43 bits per heavy atom. The first-order valence-electron chi connectivity index (χ1n) is 4.75. The van der Waals surface area contributed by atoms with Crippen LogP contribution in [0.15, 0.2) is 24.3 Å². The molecule has 0 aromatic heterocycles. The molecule has 0 amide bonds. The molecule has 1 N–H and O–H groups in total. The maximum atomic E-state index is 5.87. The van der Waals surface area contributed by atoms with Crippen molar-refractivity contribution in [2.24, 2.45) is 0 Å². The van der Waals surface area contributed by atoms with Gasteiger partial charge in [0.25, 0.3) is 0 Å². The summed E-state index contributed by atoms with van der Waals surface area (Å²) in [5.41, 5.74) is 2.42. The van der Waals surface area contributed by atoms with E-state index in [4.69, 9.17) is 11.6 Å². The lowest BCUT2D eigenvalue weighted by Gasteiger charge is -2.04. The second-order valence-corrected chi connectivity index (χ2v) is 3.87. The van der Waals surface area contributed by atoms with Crippen LogP contribution in [0.25, 0.3) is 6.08 Å². The van der Waals surface area contributed by atoms with E-state index in [1.165, 1.54) is 11.1 Å². The summed E-state index contributed by atoms with van der Waals surface area (Å²) in [4.78, 5) is 0. The second-order valence-electron chi connectivity index (χ2n) is 3.44. The van der Waals surface area contributed by atoms with E-state index < -0.39 is 0 Å². The highest BCUT2D eigenvalue weighted by molar-refractivity contribution is 6.30. The first kappa shape index (κ1) is 11.3. The van der Waals surface area contributed by atoms with Crippen LogP contribution in [0, 0.1) is 6.92 Å². The summed E-state index contributed by atoms with van der Waals surface area (Å²) in [6.45, 7) is 4.18. The largest absolute Gasteiger partial charge is 0.314 e. The molecule has 1 unspecified atom stereocenters. The van der Waals surface area contributed by atoms with Crippen LogP contribution in [-0.4, -0.2) is 13.1 Å². The lowest BCUT2D eigenvalue weighted by atomic mass is 10.1. The molecule has 1 aromatic rings. The van der Waals surface area contributed by atoms with E-state index in [0.717, 1.165) is 5.02 Å². The third-order valence-corrected chi connectivity index (χ3v) is 2.49. The van der Waals surface area contributed by atoms with Crippen molar-refractivity contribution < 1.29 is 0 Å². The Morgan fingerprint density at radius 2 is 2.14 bits per heavy atom. The highest BCUT2D eigenvalue weighted by atomic mass is 35.5. The summed E-state index contributed by atoms with van der Waals surface area (Å²) in [5.74, 6) is 0. The fourth-order valence-corrected chi connectivity index (χ4v) is 1.40. The van der Waals surface area contributed by atoms with Crippen LogP contribution in [0.3, 0.4) is 0 Å². The highest BCUT2D eigenvalue weighted by Gasteiger charge is 1.96. The average molecular weight is 210 g/mol. The van der Waals surface area contributed by atoms with Crippen LogP contribution < -0.4 is 5.32 Å². The quantitative estimate of drug-likeness (QED) is 0.806. The van der Waals surface area contributed by atoms with Gasteiger partial charge >= 0.3 is 0 Å². The van der Waals surface area contributed by atoms with Gasteiger partial charge in [-0.1, -0.05) is 29.8 Å². The molecule has 1 rings (SSSR count). The maximum Gasteiger partial charge on any atom is 0.0409 e. The summed E-state index contributed by atoms with van der Waals surface area (Å²) in [5, 5.41) is 3.95. The molecule has 76 valence electrons. The predicted octanol–water partition coefficient (Wildman–Crippen LogP) is 3.27. The average Bonchev–Trinajstić information content (AvgIpc) is 2.16. The Morgan fingerprint density at radius 3 is 2.71 bits per heavy atom. The van der Waals surface area contributed by atoms with Gasteiger partial charge in [0.2, 0.25) is 0 Å². The van der Waals surface area contributed by atoms with Gasteiger partial charge in [0.15, 0.2) is 0 Å². The molecule has 14 heavy (non-hydrogen) atoms. The molecule has 2 heteroatoms. The molecule has 0 aliphatic carbocycles. The fraction of sp³-hybridized carbons (Fsp3) is 0.333. The molecule has 0 heterocycles. The van der Waals surface area contributed by atoms with Crippen molar-refractivity contribution >= 4 is 17.7 Å². The van der Waals surface area contributed by atoms with E-state index in [9.17, 15) is 0 Å². The molecule has 1 aromatic carbocycles. The van der Waals surface area contributed by atoms with Crippen LogP contribution in [0.1, 0.15) is 18.1 Å². The van der Waals surface area contributed by atoms with Gasteiger partial charge in [-0.3, -0.25) is 0 Å². The molecule has 0 bridgehead atoms. The van der Waals surface area contributed by atoms with E-state index >= 15 is 0 Å². The zero-order chi connectivity index (χ0) is 10.6. The van der Waals surface area contributed by atoms with Gasteiger partial charge in [-0.25, -0.2) is 0 Å². The minimum absolute atomic E-state index is 0.394. The van der Waals surface area contributed by atoms with E-state index in [2.05, 4.69) is 31.3 Å². The van der Waals surface area contributed by atoms with Gasteiger partial charge in [-0.15, -0.1) is 0 Å². The Kier molecular flexibility index (Phi) is 4.18. The summed E-state index contributed by atoms with van der Waals surface area (Å²) >= 11 is 5.87. The minimum atomic E-state index is 0.394. The SMILES string of the molecule is CNC(C)/C=C/c1ccc(Cl)cc1C.